The van der Waals surface area contributed by atoms with E-state index < -0.39 is 11.6 Å². The molecule has 4 nitrogen and oxygen atoms in total. The first kappa shape index (κ1) is 11.4. The van der Waals surface area contributed by atoms with E-state index in [1.807, 2.05) is 0 Å². The van der Waals surface area contributed by atoms with Gasteiger partial charge in [0.1, 0.15) is 5.58 Å². The third-order valence-electron chi connectivity index (χ3n) is 2.23. The molecular formula is C13H12O4. The molecule has 0 atom stereocenters. The summed E-state index contributed by atoms with van der Waals surface area (Å²) in [5, 5.41) is 0.581. The van der Waals surface area contributed by atoms with Crippen LogP contribution in [0.2, 0.25) is 0 Å². The van der Waals surface area contributed by atoms with Crippen LogP contribution in [0.4, 0.5) is 0 Å². The number of ether oxygens (including phenoxy) is 1. The average Bonchev–Trinajstić information content (AvgIpc) is 2.26. The number of carbonyl (C=O) groups excluding carboxylic acids is 1. The Bertz CT molecular complexity index is 610. The molecule has 0 fully saturated rings. The molecule has 4 heteroatoms. The first-order chi connectivity index (χ1) is 8.08. The third kappa shape index (κ3) is 2.36. The molecule has 2 aromatic rings. The standard InChI is InChI=1S/C13H12O4/c1-8(2)16-13(15)10-4-3-5-11-9(10)6-7-12(14)17-11/h3-8H,1-2H3. The van der Waals surface area contributed by atoms with Crippen molar-refractivity contribution in [2.24, 2.45) is 0 Å². The summed E-state index contributed by atoms with van der Waals surface area (Å²) < 4.78 is 10.1. The lowest BCUT2D eigenvalue weighted by Crippen LogP contribution is -2.12. The van der Waals surface area contributed by atoms with Crippen molar-refractivity contribution in [1.82, 2.24) is 0 Å². The summed E-state index contributed by atoms with van der Waals surface area (Å²) in [4.78, 5) is 22.9. The van der Waals surface area contributed by atoms with Gasteiger partial charge in [0.25, 0.3) is 0 Å². The summed E-state index contributed by atoms with van der Waals surface area (Å²) >= 11 is 0. The first-order valence-corrected chi connectivity index (χ1v) is 5.32. The minimum absolute atomic E-state index is 0.187. The lowest BCUT2D eigenvalue weighted by Gasteiger charge is -2.09. The van der Waals surface area contributed by atoms with Gasteiger partial charge in [0, 0.05) is 11.5 Å². The summed E-state index contributed by atoms with van der Waals surface area (Å²) in [6, 6.07) is 7.80. The van der Waals surface area contributed by atoms with Gasteiger partial charge in [0.05, 0.1) is 11.7 Å². The molecule has 2 rings (SSSR count). The second-order valence-electron chi connectivity index (χ2n) is 3.93. The Balaban J connectivity index is 2.54. The smallest absolute Gasteiger partial charge is 0.339 e. The Morgan fingerprint density at radius 1 is 1.24 bits per heavy atom. The van der Waals surface area contributed by atoms with Crippen LogP contribution in [0.15, 0.2) is 39.5 Å². The van der Waals surface area contributed by atoms with E-state index in [2.05, 4.69) is 0 Å². The van der Waals surface area contributed by atoms with Gasteiger partial charge in [0.2, 0.25) is 0 Å². The lowest BCUT2D eigenvalue weighted by molar-refractivity contribution is 0.0380. The molecule has 88 valence electrons. The van der Waals surface area contributed by atoms with Gasteiger partial charge in [-0.2, -0.15) is 0 Å². The third-order valence-corrected chi connectivity index (χ3v) is 2.23. The number of hydrogen-bond acceptors (Lipinski definition) is 4. The van der Waals surface area contributed by atoms with Crippen LogP contribution in [0.3, 0.4) is 0 Å². The normalized spacial score (nSPS) is 10.8. The Morgan fingerprint density at radius 3 is 2.71 bits per heavy atom. The highest BCUT2D eigenvalue weighted by Crippen LogP contribution is 2.18. The Morgan fingerprint density at radius 2 is 2.00 bits per heavy atom. The van der Waals surface area contributed by atoms with Crippen LogP contribution in [-0.4, -0.2) is 12.1 Å². The number of rotatable bonds is 2. The van der Waals surface area contributed by atoms with E-state index >= 15 is 0 Å². The predicted octanol–water partition coefficient (Wildman–Crippen LogP) is 2.36. The topological polar surface area (TPSA) is 56.5 Å². The van der Waals surface area contributed by atoms with Gasteiger partial charge in [-0.1, -0.05) is 6.07 Å². The van der Waals surface area contributed by atoms with Crippen molar-refractivity contribution in [3.63, 3.8) is 0 Å². The molecule has 0 saturated carbocycles. The van der Waals surface area contributed by atoms with Gasteiger partial charge in [-0.3, -0.25) is 0 Å². The minimum atomic E-state index is -0.438. The molecule has 0 N–H and O–H groups in total. The van der Waals surface area contributed by atoms with E-state index in [1.165, 1.54) is 6.07 Å². The number of esters is 1. The predicted molar refractivity (Wildman–Crippen MR) is 63.0 cm³/mol. The van der Waals surface area contributed by atoms with E-state index in [9.17, 15) is 9.59 Å². The van der Waals surface area contributed by atoms with Gasteiger partial charge >= 0.3 is 11.6 Å². The number of fused-ring (bicyclic) bond motifs is 1. The number of benzene rings is 1. The highest BCUT2D eigenvalue weighted by atomic mass is 16.5. The maximum absolute atomic E-state index is 11.8. The van der Waals surface area contributed by atoms with Crippen LogP contribution in [0.5, 0.6) is 0 Å². The quantitative estimate of drug-likeness (QED) is 0.589. The van der Waals surface area contributed by atoms with Gasteiger partial charge < -0.3 is 9.15 Å². The summed E-state index contributed by atoms with van der Waals surface area (Å²) in [5.74, 6) is -0.417. The molecular weight excluding hydrogens is 220 g/mol. The van der Waals surface area contributed by atoms with E-state index in [0.717, 1.165) is 0 Å². The zero-order valence-electron chi connectivity index (χ0n) is 9.60. The molecule has 0 aliphatic rings. The molecule has 0 aliphatic heterocycles. The fraction of sp³-hybridized carbons (Fsp3) is 0.231. The Kier molecular flexibility index (Phi) is 2.95. The molecule has 0 saturated heterocycles. The average molecular weight is 232 g/mol. The van der Waals surface area contributed by atoms with E-state index in [1.54, 1.807) is 38.1 Å². The van der Waals surface area contributed by atoms with Crippen LogP contribution in [0.1, 0.15) is 24.2 Å². The van der Waals surface area contributed by atoms with E-state index in [-0.39, 0.29) is 6.10 Å². The van der Waals surface area contributed by atoms with Crippen molar-refractivity contribution < 1.29 is 13.9 Å². The second kappa shape index (κ2) is 4.41. The molecule has 17 heavy (non-hydrogen) atoms. The molecule has 0 radical (unpaired) electrons. The van der Waals surface area contributed by atoms with Crippen molar-refractivity contribution in [2.45, 2.75) is 20.0 Å². The summed E-state index contributed by atoms with van der Waals surface area (Å²) in [7, 11) is 0. The zero-order valence-corrected chi connectivity index (χ0v) is 9.60. The fourth-order valence-electron chi connectivity index (χ4n) is 1.55. The molecule has 1 aromatic carbocycles. The lowest BCUT2D eigenvalue weighted by atomic mass is 10.1. The molecule has 0 spiro atoms. The van der Waals surface area contributed by atoms with Gasteiger partial charge in [-0.05, 0) is 32.0 Å². The van der Waals surface area contributed by atoms with Crippen LogP contribution in [0, 0.1) is 0 Å². The monoisotopic (exact) mass is 232 g/mol. The van der Waals surface area contributed by atoms with E-state index in [0.29, 0.717) is 16.5 Å². The first-order valence-electron chi connectivity index (χ1n) is 5.32. The van der Waals surface area contributed by atoms with Gasteiger partial charge in [0.15, 0.2) is 0 Å². The molecule has 0 amide bonds. The second-order valence-corrected chi connectivity index (χ2v) is 3.93. The van der Waals surface area contributed by atoms with Crippen LogP contribution >= 0.6 is 0 Å². The summed E-state index contributed by atoms with van der Waals surface area (Å²) in [6.45, 7) is 3.56. The molecule has 1 heterocycles. The highest BCUT2D eigenvalue weighted by Gasteiger charge is 2.13. The maximum atomic E-state index is 11.8. The van der Waals surface area contributed by atoms with Crippen molar-refractivity contribution in [3.8, 4) is 0 Å². The van der Waals surface area contributed by atoms with Crippen molar-refractivity contribution in [2.75, 3.05) is 0 Å². The maximum Gasteiger partial charge on any atom is 0.339 e. The van der Waals surface area contributed by atoms with Crippen LogP contribution < -0.4 is 5.63 Å². The van der Waals surface area contributed by atoms with E-state index in [4.69, 9.17) is 9.15 Å². The van der Waals surface area contributed by atoms with Crippen LogP contribution in [-0.2, 0) is 4.74 Å². The van der Waals surface area contributed by atoms with Crippen molar-refractivity contribution in [1.29, 1.82) is 0 Å². The Labute approximate surface area is 97.8 Å². The SMILES string of the molecule is CC(C)OC(=O)c1cccc2oc(=O)ccc12. The largest absolute Gasteiger partial charge is 0.459 e. The minimum Gasteiger partial charge on any atom is -0.459 e. The van der Waals surface area contributed by atoms with Crippen molar-refractivity contribution in [3.05, 3.63) is 46.3 Å². The van der Waals surface area contributed by atoms with Crippen molar-refractivity contribution >= 4 is 16.9 Å². The Hall–Kier alpha value is -2.10. The molecule has 1 aromatic heterocycles. The van der Waals surface area contributed by atoms with Gasteiger partial charge in [-0.25, -0.2) is 9.59 Å². The summed E-state index contributed by atoms with van der Waals surface area (Å²) in [5.41, 5.74) is 0.350. The highest BCUT2D eigenvalue weighted by molar-refractivity contribution is 6.02. The molecule has 0 unspecified atom stereocenters. The molecule has 0 aliphatic carbocycles. The molecule has 0 bridgehead atoms. The van der Waals surface area contributed by atoms with Gasteiger partial charge in [-0.15, -0.1) is 0 Å². The zero-order chi connectivity index (χ0) is 12.4. The number of hydrogen-bond donors (Lipinski definition) is 0. The van der Waals surface area contributed by atoms with Crippen LogP contribution in [0.25, 0.3) is 11.0 Å². The number of carbonyl (C=O) groups is 1. The summed E-state index contributed by atoms with van der Waals surface area (Å²) in [6.07, 6.45) is -0.187. The fourth-order valence-corrected chi connectivity index (χ4v) is 1.55.